The Morgan fingerprint density at radius 3 is 1.82 bits per heavy atom. The number of carboxylic acids is 1. The van der Waals surface area contributed by atoms with Gasteiger partial charge in [-0.05, 0) is 81.1 Å². The topological polar surface area (TPSA) is 89.1 Å². The number of halogens is 2. The third kappa shape index (κ3) is 3.47. The van der Waals surface area contributed by atoms with Gasteiger partial charge < -0.3 is 15.3 Å². The average molecular weight is 608 g/mol. The van der Waals surface area contributed by atoms with Crippen molar-refractivity contribution >= 4 is 73.1 Å². The minimum Gasteiger partial charge on any atom is -0.506 e. The summed E-state index contributed by atoms with van der Waals surface area (Å²) in [5.41, 5.74) is 2.25. The fraction of sp³-hybridized carbons (Fsp3) is 0. The molecule has 5 nitrogen and oxygen atoms in total. The predicted octanol–water partition coefficient (Wildman–Crippen LogP) is 2.86. The summed E-state index contributed by atoms with van der Waals surface area (Å²) in [7, 11) is 0. The van der Waals surface area contributed by atoms with Gasteiger partial charge in [0.1, 0.15) is 11.5 Å². The fourth-order valence-corrected chi connectivity index (χ4v) is 4.27. The van der Waals surface area contributed by atoms with E-state index in [1.807, 2.05) is 45.2 Å². The van der Waals surface area contributed by atoms with Crippen molar-refractivity contribution in [2.24, 2.45) is 0 Å². The van der Waals surface area contributed by atoms with Crippen LogP contribution in [-0.2, 0) is 0 Å². The summed E-state index contributed by atoms with van der Waals surface area (Å²) in [6.07, 6.45) is 0. The third-order valence-corrected chi connectivity index (χ3v) is 6.41. The molecule has 0 spiro atoms. The van der Waals surface area contributed by atoms with Crippen LogP contribution in [0.3, 0.4) is 0 Å². The Morgan fingerprint density at radius 1 is 0.821 bits per heavy atom. The average Bonchev–Trinajstić information content (AvgIpc) is 2.66. The molecule has 4 rings (SSSR count). The number of fused-ring (bicyclic) bond motifs is 2. The number of aromatic carboxylic acids is 1. The molecule has 0 aliphatic carbocycles. The summed E-state index contributed by atoms with van der Waals surface area (Å²) in [5.74, 6) is -0.896. The molecule has 0 aliphatic rings. The molecule has 134 valence electrons. The monoisotopic (exact) mass is 608 g/mol. The van der Waals surface area contributed by atoms with Crippen LogP contribution in [0.2, 0.25) is 0 Å². The Hall–Kier alpha value is -1.14. The number of benzene rings is 3. The van der Waals surface area contributed by atoms with Gasteiger partial charge in [-0.1, -0.05) is 18.2 Å². The van der Waals surface area contributed by atoms with Gasteiger partial charge in [-0.2, -0.15) is 0 Å². The van der Waals surface area contributed by atoms with E-state index in [-0.39, 0.29) is 46.6 Å². The van der Waals surface area contributed by atoms with Crippen LogP contribution in [0, 0.1) is 7.14 Å². The molecular formula is C20H11I2NaO5+2. The number of aromatic hydroxyl groups is 2. The molecule has 0 aliphatic heterocycles. The van der Waals surface area contributed by atoms with Crippen LogP contribution in [0.1, 0.15) is 10.4 Å². The first-order valence-corrected chi connectivity index (χ1v) is 9.97. The molecule has 4 aromatic rings. The van der Waals surface area contributed by atoms with Crippen LogP contribution in [-0.4, -0.2) is 21.3 Å². The summed E-state index contributed by atoms with van der Waals surface area (Å²) < 4.78 is 7.08. The van der Waals surface area contributed by atoms with E-state index in [2.05, 4.69) is 0 Å². The standard InChI is InChI=1S/C20H10I2O5.Na/c21-16-13(23)7-5-11-15(9-3-1-2-4-10(9)20(25)26)12-6-8-14(24)17(22)19(12)27-18(11)16;/h1-8H,(H2-,23,24,25,26);/q;+1/p+1. The van der Waals surface area contributed by atoms with Crippen molar-refractivity contribution in [3.8, 4) is 22.6 Å². The first-order chi connectivity index (χ1) is 12.9. The van der Waals surface area contributed by atoms with Crippen molar-refractivity contribution in [2.45, 2.75) is 0 Å². The van der Waals surface area contributed by atoms with E-state index >= 15 is 0 Å². The van der Waals surface area contributed by atoms with Gasteiger partial charge in [-0.3, -0.25) is 0 Å². The molecule has 8 heteroatoms. The molecule has 3 aromatic carbocycles. The Balaban J connectivity index is 0.00000225. The molecule has 0 unspecified atom stereocenters. The van der Waals surface area contributed by atoms with E-state index in [1.54, 1.807) is 48.5 Å². The van der Waals surface area contributed by atoms with Gasteiger partial charge >= 0.3 is 46.7 Å². The number of phenols is 2. The second-order valence-electron chi connectivity index (χ2n) is 5.88. The molecule has 1 aromatic heterocycles. The van der Waals surface area contributed by atoms with Gasteiger partial charge in [0.15, 0.2) is 7.14 Å². The van der Waals surface area contributed by atoms with Gasteiger partial charge in [-0.15, -0.1) is 0 Å². The van der Waals surface area contributed by atoms with Gasteiger partial charge in [0.05, 0.1) is 16.3 Å². The Labute approximate surface area is 209 Å². The number of carboxylic acid groups (broad SMARTS) is 1. The molecule has 0 radical (unpaired) electrons. The number of phenolic OH excluding ortho intramolecular Hbond substituents is 2. The Kier molecular flexibility index (Phi) is 6.40. The van der Waals surface area contributed by atoms with E-state index in [0.29, 0.717) is 40.2 Å². The number of carbonyl (C=O) groups is 1. The second kappa shape index (κ2) is 8.31. The molecule has 0 saturated carbocycles. The van der Waals surface area contributed by atoms with Gasteiger partial charge in [0.2, 0.25) is 0 Å². The van der Waals surface area contributed by atoms with Crippen LogP contribution in [0.25, 0.3) is 33.1 Å². The Bertz CT molecular complexity index is 1190. The maximum atomic E-state index is 11.8. The molecule has 28 heavy (non-hydrogen) atoms. The summed E-state index contributed by atoms with van der Waals surface area (Å²) in [4.78, 5) is 11.8. The van der Waals surface area contributed by atoms with E-state index in [9.17, 15) is 20.1 Å². The molecule has 0 bridgehead atoms. The third-order valence-electron chi connectivity index (χ3n) is 4.32. The van der Waals surface area contributed by atoms with Crippen LogP contribution < -0.4 is 29.6 Å². The molecule has 0 atom stereocenters. The molecule has 1 heterocycles. The maximum Gasteiger partial charge on any atom is 1.00 e. The molecular weight excluding hydrogens is 597 g/mol. The zero-order valence-electron chi connectivity index (χ0n) is 14.5. The van der Waals surface area contributed by atoms with Gasteiger partial charge in [0.25, 0.3) is 0 Å². The SMILES string of the molecule is O=C(O)c1ccccc1-c1c2ccc(O)c(I)c2[o+]c2c(I)c(O)ccc12.[Na+]. The van der Waals surface area contributed by atoms with Crippen molar-refractivity contribution in [2.75, 3.05) is 0 Å². The van der Waals surface area contributed by atoms with Crippen LogP contribution in [0.15, 0.2) is 52.9 Å². The van der Waals surface area contributed by atoms with Crippen molar-refractivity contribution in [1.82, 2.24) is 0 Å². The largest absolute Gasteiger partial charge is 1.00 e. The van der Waals surface area contributed by atoms with E-state index in [1.165, 1.54) is 0 Å². The Morgan fingerprint density at radius 2 is 1.32 bits per heavy atom. The minimum atomic E-state index is -1.03. The predicted molar refractivity (Wildman–Crippen MR) is 119 cm³/mol. The van der Waals surface area contributed by atoms with Crippen LogP contribution >= 0.6 is 45.2 Å². The van der Waals surface area contributed by atoms with Crippen molar-refractivity contribution < 1.29 is 54.1 Å². The molecule has 0 saturated heterocycles. The van der Waals surface area contributed by atoms with Crippen molar-refractivity contribution in [1.29, 1.82) is 0 Å². The molecule has 3 N–H and O–H groups in total. The van der Waals surface area contributed by atoms with Gasteiger partial charge in [0, 0.05) is 5.56 Å². The summed E-state index contributed by atoms with van der Waals surface area (Å²) in [6, 6.07) is 13.3. The smallest absolute Gasteiger partial charge is 0.506 e. The van der Waals surface area contributed by atoms with Crippen molar-refractivity contribution in [3.63, 3.8) is 0 Å². The summed E-state index contributed by atoms with van der Waals surface area (Å²) in [6.45, 7) is 0. The minimum absolute atomic E-state index is 0. The number of hydrogen-bond donors (Lipinski definition) is 3. The number of rotatable bonds is 2. The van der Waals surface area contributed by atoms with Crippen molar-refractivity contribution in [3.05, 3.63) is 61.2 Å². The van der Waals surface area contributed by atoms with E-state index in [4.69, 9.17) is 4.42 Å². The zero-order chi connectivity index (χ0) is 19.3. The number of hydrogen-bond acceptors (Lipinski definition) is 3. The van der Waals surface area contributed by atoms with Crippen LogP contribution in [0.5, 0.6) is 11.5 Å². The molecule has 0 fully saturated rings. The quantitative estimate of drug-likeness (QED) is 0.141. The van der Waals surface area contributed by atoms with E-state index < -0.39 is 5.97 Å². The van der Waals surface area contributed by atoms with Gasteiger partial charge in [-0.25, -0.2) is 9.21 Å². The first kappa shape index (κ1) is 21.6. The maximum absolute atomic E-state index is 11.8. The second-order valence-corrected chi connectivity index (χ2v) is 8.04. The van der Waals surface area contributed by atoms with E-state index in [0.717, 1.165) is 0 Å². The zero-order valence-corrected chi connectivity index (χ0v) is 20.8. The summed E-state index contributed by atoms with van der Waals surface area (Å²) >= 11 is 3.98. The summed E-state index contributed by atoms with van der Waals surface area (Å²) in [5, 5.41) is 31.2. The normalized spacial score (nSPS) is 10.8. The molecule has 0 amide bonds. The van der Waals surface area contributed by atoms with Crippen LogP contribution in [0.4, 0.5) is 0 Å². The fourth-order valence-electron chi connectivity index (χ4n) is 3.11. The first-order valence-electron chi connectivity index (χ1n) is 7.81.